The maximum absolute atomic E-state index is 13.2. The Morgan fingerprint density at radius 3 is 2.05 bits per heavy atom. The fourth-order valence-corrected chi connectivity index (χ4v) is 8.51. The van der Waals surface area contributed by atoms with Crippen LogP contribution in [0.15, 0.2) is 170 Å². The van der Waals surface area contributed by atoms with E-state index in [1.54, 1.807) is 6.07 Å². The number of fused-ring (bicyclic) bond motifs is 6. The van der Waals surface area contributed by atoms with Gasteiger partial charge in [0.2, 0.25) is 0 Å². The molecule has 1 unspecified atom stereocenters. The molecule has 1 aliphatic heterocycles. The van der Waals surface area contributed by atoms with Gasteiger partial charge >= 0.3 is 12.2 Å². The number of anilines is 2. The molecule has 7 heteroatoms. The van der Waals surface area contributed by atoms with Gasteiger partial charge in [-0.3, -0.25) is 5.32 Å². The Kier molecular flexibility index (Phi) is 11.1. The zero-order valence-electron chi connectivity index (χ0n) is 33.3. The van der Waals surface area contributed by atoms with Crippen molar-refractivity contribution in [3.63, 3.8) is 0 Å². The molecule has 3 N–H and O–H groups in total. The number of hydrogen-bond donors (Lipinski definition) is 3. The summed E-state index contributed by atoms with van der Waals surface area (Å²) in [5.74, 6) is 0.601. The molecule has 1 heterocycles. The van der Waals surface area contributed by atoms with Crippen LogP contribution in [-0.4, -0.2) is 29.0 Å². The first-order valence-electron chi connectivity index (χ1n) is 19.6. The molecule has 0 radical (unpaired) electrons. The Labute approximate surface area is 339 Å². The summed E-state index contributed by atoms with van der Waals surface area (Å²) < 4.78 is 6.17. The highest BCUT2D eigenvalue weighted by Gasteiger charge is 2.45. The van der Waals surface area contributed by atoms with E-state index in [1.807, 2.05) is 116 Å². The van der Waals surface area contributed by atoms with E-state index in [1.165, 1.54) is 4.90 Å². The van der Waals surface area contributed by atoms with Crippen LogP contribution < -0.4 is 10.2 Å². The van der Waals surface area contributed by atoms with Gasteiger partial charge in [-0.05, 0) is 93.5 Å². The summed E-state index contributed by atoms with van der Waals surface area (Å²) in [6, 6.07) is 41.9. The molecule has 0 bridgehead atoms. The van der Waals surface area contributed by atoms with Crippen LogP contribution in [-0.2, 0) is 16.6 Å². The van der Waals surface area contributed by atoms with E-state index in [-0.39, 0.29) is 0 Å². The smallest absolute Gasteiger partial charge is 0.416 e. The van der Waals surface area contributed by atoms with Gasteiger partial charge in [0.15, 0.2) is 0 Å². The molecule has 2 amide bonds. The lowest BCUT2D eigenvalue weighted by molar-refractivity contribution is 0.203. The molecule has 6 aromatic carbocycles. The molecule has 1 atom stereocenters. The minimum Gasteiger partial charge on any atom is -0.494 e. The number of allylic oxidation sites excluding steroid dienone is 6. The second kappa shape index (κ2) is 16.3. The van der Waals surface area contributed by atoms with Crippen molar-refractivity contribution in [1.82, 2.24) is 0 Å². The highest BCUT2D eigenvalue weighted by atomic mass is 16.5. The Morgan fingerprint density at radius 2 is 1.38 bits per heavy atom. The van der Waals surface area contributed by atoms with Crippen LogP contribution in [0.4, 0.5) is 21.0 Å². The van der Waals surface area contributed by atoms with E-state index < -0.39 is 23.0 Å². The molecule has 7 nitrogen and oxygen atoms in total. The highest BCUT2D eigenvalue weighted by molar-refractivity contribution is 6.20. The van der Waals surface area contributed by atoms with Gasteiger partial charge in [0, 0.05) is 22.1 Å². The van der Waals surface area contributed by atoms with Crippen LogP contribution in [0.1, 0.15) is 50.8 Å². The Morgan fingerprint density at radius 1 is 0.793 bits per heavy atom. The van der Waals surface area contributed by atoms with Crippen LogP contribution in [0.2, 0.25) is 0 Å². The Balaban J connectivity index is 1.27. The van der Waals surface area contributed by atoms with Crippen molar-refractivity contribution in [3.8, 4) is 11.1 Å². The first kappa shape index (κ1) is 39.4. The largest absolute Gasteiger partial charge is 0.494 e. The summed E-state index contributed by atoms with van der Waals surface area (Å²) in [4.78, 5) is 26.3. The first-order valence-corrected chi connectivity index (χ1v) is 19.6. The summed E-state index contributed by atoms with van der Waals surface area (Å²) in [5.41, 5.74) is 6.33. The fraction of sp³-hybridized carbons (Fsp3) is 0.176. The number of amides is 2. The number of rotatable bonds is 12. The van der Waals surface area contributed by atoms with E-state index in [2.05, 4.69) is 62.5 Å². The number of para-hydroxylation sites is 1. The lowest BCUT2D eigenvalue weighted by Crippen LogP contribution is -2.30. The Hall–Kier alpha value is -6.86. The van der Waals surface area contributed by atoms with Crippen LogP contribution in [0, 0.1) is 5.41 Å². The van der Waals surface area contributed by atoms with Crippen LogP contribution in [0.5, 0.6) is 0 Å². The molecule has 0 saturated carbocycles. The van der Waals surface area contributed by atoms with Crippen molar-refractivity contribution in [3.05, 3.63) is 186 Å². The lowest BCUT2D eigenvalue weighted by atomic mass is 9.71. The molecule has 292 valence electrons. The average Bonchev–Trinajstić information content (AvgIpc) is 3.46. The van der Waals surface area contributed by atoms with Gasteiger partial charge in [-0.2, -0.15) is 0 Å². The third kappa shape index (κ3) is 7.51. The van der Waals surface area contributed by atoms with Gasteiger partial charge in [-0.15, -0.1) is 0 Å². The molecular formula is C51H48N2O5. The molecule has 6 aromatic rings. The summed E-state index contributed by atoms with van der Waals surface area (Å²) >= 11 is 0. The molecule has 58 heavy (non-hydrogen) atoms. The van der Waals surface area contributed by atoms with Gasteiger partial charge in [-0.1, -0.05) is 155 Å². The second-order valence-corrected chi connectivity index (χ2v) is 15.4. The van der Waals surface area contributed by atoms with E-state index in [9.17, 15) is 19.8 Å². The van der Waals surface area contributed by atoms with E-state index in [0.29, 0.717) is 42.3 Å². The molecule has 1 aliphatic rings. The normalized spacial score (nSPS) is 15.4. The number of ether oxygens (including phenoxy) is 1. The molecule has 0 aromatic heterocycles. The van der Waals surface area contributed by atoms with Crippen molar-refractivity contribution in [2.45, 2.75) is 46.0 Å². The van der Waals surface area contributed by atoms with Gasteiger partial charge in [0.05, 0.1) is 18.0 Å². The average molecular weight is 769 g/mol. The van der Waals surface area contributed by atoms with Crippen molar-refractivity contribution < 1.29 is 24.5 Å². The molecule has 7 rings (SSSR count). The van der Waals surface area contributed by atoms with E-state index >= 15 is 0 Å². The molecule has 0 saturated heterocycles. The van der Waals surface area contributed by atoms with Crippen molar-refractivity contribution in [1.29, 1.82) is 0 Å². The van der Waals surface area contributed by atoms with Gasteiger partial charge in [-0.25, -0.2) is 14.5 Å². The van der Waals surface area contributed by atoms with Gasteiger partial charge < -0.3 is 14.9 Å². The molecule has 0 fully saturated rings. The predicted octanol–water partition coefficient (Wildman–Crippen LogP) is 13.2. The number of nitrogens with zero attached hydrogens (tertiary/aromatic N) is 1. The Bertz CT molecular complexity index is 2640. The maximum Gasteiger partial charge on any atom is 0.416 e. The molecule has 0 aliphatic carbocycles. The van der Waals surface area contributed by atoms with E-state index in [4.69, 9.17) is 11.3 Å². The summed E-state index contributed by atoms with van der Waals surface area (Å²) in [6.07, 6.45) is 6.93. The third-order valence-electron chi connectivity index (χ3n) is 11.3. The van der Waals surface area contributed by atoms with Crippen molar-refractivity contribution in [2.75, 3.05) is 16.8 Å². The molecule has 0 spiro atoms. The highest BCUT2D eigenvalue weighted by Crippen LogP contribution is 2.54. The SMILES string of the molecule is C=C(c1ccccc1-c1ccccc1NC(=O)O)C(C)(C/C=C/C(=C/C=C1\N(C(=O)O)c2c(c3ccccc3c3ccccc23)C1(C)C)OCC)Cc1ccccc1. The second-order valence-electron chi connectivity index (χ2n) is 15.4. The minimum absolute atomic E-state index is 0.423. The monoisotopic (exact) mass is 768 g/mol. The van der Waals surface area contributed by atoms with Crippen LogP contribution >= 0.6 is 0 Å². The minimum atomic E-state index is -1.13. The van der Waals surface area contributed by atoms with Crippen LogP contribution in [0.3, 0.4) is 0 Å². The maximum atomic E-state index is 13.2. The standard InChI is InChI=1S/C51H48N2O5/c1-6-58-36(30-31-45-50(3,4)46-42-27-14-12-24-39(42)40-25-13-15-28-43(40)47(46)53(45)49(56)57)21-18-32-51(5,33-35-19-8-7-9-20-35)34(2)37-22-10-11-23-38(37)41-26-16-17-29-44(41)52-48(54)55/h7-31,52H,2,6,32-33H2,1,3-5H3,(H,54,55)(H,56,57)/b21-18+,36-30-,45-31-. The van der Waals surface area contributed by atoms with Crippen molar-refractivity contribution in [2.24, 2.45) is 5.41 Å². The predicted molar refractivity (Wildman–Crippen MR) is 237 cm³/mol. The van der Waals surface area contributed by atoms with Gasteiger partial charge in [0.25, 0.3) is 0 Å². The fourth-order valence-electron chi connectivity index (χ4n) is 8.51. The molecular weight excluding hydrogens is 721 g/mol. The number of hydrogen-bond acceptors (Lipinski definition) is 3. The third-order valence-corrected chi connectivity index (χ3v) is 11.3. The zero-order valence-corrected chi connectivity index (χ0v) is 33.3. The summed E-state index contributed by atoms with van der Waals surface area (Å²) in [6.45, 7) is 13.4. The first-order chi connectivity index (χ1) is 27.9. The van der Waals surface area contributed by atoms with Crippen molar-refractivity contribution >= 4 is 50.7 Å². The lowest BCUT2D eigenvalue weighted by Gasteiger charge is -2.33. The zero-order chi connectivity index (χ0) is 41.0. The topological polar surface area (TPSA) is 99.1 Å². The number of carboxylic acid groups (broad SMARTS) is 2. The quantitative estimate of drug-likeness (QED) is 0.0654. The van der Waals surface area contributed by atoms with Gasteiger partial charge in [0.1, 0.15) is 5.76 Å². The summed E-state index contributed by atoms with van der Waals surface area (Å²) in [5, 5.41) is 27.0. The number of benzene rings is 6. The van der Waals surface area contributed by atoms with E-state index in [0.717, 1.165) is 54.9 Å². The summed E-state index contributed by atoms with van der Waals surface area (Å²) in [7, 11) is 0. The number of carbonyl (C=O) groups is 2. The van der Waals surface area contributed by atoms with Crippen LogP contribution in [0.25, 0.3) is 38.2 Å². The number of nitrogens with one attached hydrogen (secondary N) is 1.